The Kier molecular flexibility index (Phi) is 8.93. The highest BCUT2D eigenvalue weighted by molar-refractivity contribution is 6.00. The van der Waals surface area contributed by atoms with Crippen molar-refractivity contribution in [2.45, 2.75) is 70.0 Å². The Morgan fingerprint density at radius 1 is 1.21 bits per heavy atom. The SMILES string of the molecule is C#Cc1c(F)ccc2cc(O)cc(N3CCc4c(nc(OC[C@]5(C)C[C@@H](F)CN5Cc5cccnc5)nc4N4C[C@@H]5CC(C)[C@H](C4)N5C(=O)C=C)C3)c12. The highest BCUT2D eigenvalue weighted by Crippen LogP contribution is 2.41. The van der Waals surface area contributed by atoms with Crippen molar-refractivity contribution in [1.29, 1.82) is 0 Å². The molecule has 2 aromatic carbocycles. The lowest BCUT2D eigenvalue weighted by molar-refractivity contribution is -0.129. The smallest absolute Gasteiger partial charge is 0.318 e. The van der Waals surface area contributed by atoms with Gasteiger partial charge in [-0.25, -0.2) is 8.78 Å². The number of alkyl halides is 1. The molecule has 6 heterocycles. The maximum atomic E-state index is 15.0. The number of hydrogen-bond donors (Lipinski definition) is 1. The predicted molar refractivity (Wildman–Crippen MR) is 199 cm³/mol. The molecule has 0 aliphatic carbocycles. The Hall–Kier alpha value is -5.28. The standard InChI is InChI=1S/C41H43F2N7O3/c1-5-31-33(43)10-9-27-15-30(51)16-35(38(27)31)47-13-11-32-34(22-47)45-40(46-39(32)48-21-29-14-25(3)36(23-48)50(29)37(52)6-2)53-24-41(4)17-28(42)20-49(41)19-26-8-7-12-44-18-26/h1,6-10,12,15-16,18,25,28-29,36,51H,2,11,13-14,17,19-24H2,3-4H3/t25?,28-,29+,36+,41+/m1/s1. The molecule has 0 spiro atoms. The van der Waals surface area contributed by atoms with Crippen molar-refractivity contribution in [3.63, 3.8) is 0 Å². The molecule has 2 bridgehead atoms. The molecule has 4 aliphatic rings. The maximum Gasteiger partial charge on any atom is 0.318 e. The number of carbonyl (C=O) groups excluding carboxylic acids is 1. The number of fused-ring (bicyclic) bond motifs is 4. The van der Waals surface area contributed by atoms with Crippen LogP contribution in [-0.2, 0) is 24.3 Å². The molecule has 1 amide bonds. The summed E-state index contributed by atoms with van der Waals surface area (Å²) in [6, 6.07) is 10.2. The van der Waals surface area contributed by atoms with E-state index in [1.54, 1.807) is 30.6 Å². The van der Waals surface area contributed by atoms with Crippen LogP contribution in [0.5, 0.6) is 11.8 Å². The molecule has 1 N–H and O–H groups in total. The first kappa shape index (κ1) is 34.8. The minimum Gasteiger partial charge on any atom is -0.508 e. The fourth-order valence-corrected chi connectivity index (χ4v) is 9.03. The van der Waals surface area contributed by atoms with E-state index in [1.165, 1.54) is 12.1 Å². The van der Waals surface area contributed by atoms with Crippen molar-refractivity contribution in [2.75, 3.05) is 42.6 Å². The molecule has 10 nitrogen and oxygen atoms in total. The van der Waals surface area contributed by atoms with Crippen molar-refractivity contribution in [2.24, 2.45) is 5.92 Å². The van der Waals surface area contributed by atoms with E-state index in [0.29, 0.717) is 67.9 Å². The lowest BCUT2D eigenvalue weighted by Crippen LogP contribution is -2.56. The largest absolute Gasteiger partial charge is 0.508 e. The molecule has 1 unspecified atom stereocenters. The number of rotatable bonds is 8. The van der Waals surface area contributed by atoms with Crippen LogP contribution >= 0.6 is 0 Å². The van der Waals surface area contributed by atoms with E-state index in [-0.39, 0.29) is 48.5 Å². The number of halogens is 2. The molecule has 8 rings (SSSR count). The summed E-state index contributed by atoms with van der Waals surface area (Å²) in [6.07, 6.45) is 11.5. The first-order valence-electron chi connectivity index (χ1n) is 18.2. The van der Waals surface area contributed by atoms with E-state index >= 15 is 8.78 Å². The van der Waals surface area contributed by atoms with Crippen LogP contribution in [0.1, 0.15) is 49.1 Å². The summed E-state index contributed by atoms with van der Waals surface area (Å²) in [6.45, 7) is 11.0. The third-order valence-electron chi connectivity index (χ3n) is 11.6. The molecule has 53 heavy (non-hydrogen) atoms. The number of ether oxygens (including phenoxy) is 1. The number of phenolic OH excluding ortho intramolecular Hbond substituents is 1. The fraction of sp³-hybridized carbons (Fsp3) is 0.415. The second kappa shape index (κ2) is 13.6. The zero-order chi connectivity index (χ0) is 37.0. The quantitative estimate of drug-likeness (QED) is 0.190. The number of aromatic hydroxyl groups is 1. The van der Waals surface area contributed by atoms with E-state index in [9.17, 15) is 9.90 Å². The number of piperazine rings is 1. The molecule has 274 valence electrons. The normalized spacial score (nSPS) is 25.4. The van der Waals surface area contributed by atoms with Gasteiger partial charge >= 0.3 is 6.01 Å². The summed E-state index contributed by atoms with van der Waals surface area (Å²) >= 11 is 0. The van der Waals surface area contributed by atoms with Crippen molar-refractivity contribution in [1.82, 2.24) is 24.8 Å². The summed E-state index contributed by atoms with van der Waals surface area (Å²) in [5.41, 5.74) is 2.84. The van der Waals surface area contributed by atoms with Gasteiger partial charge in [-0.05, 0) is 60.9 Å². The number of likely N-dealkylation sites (tertiary alicyclic amines) is 1. The van der Waals surface area contributed by atoms with Crippen molar-refractivity contribution in [3.05, 3.63) is 89.6 Å². The Morgan fingerprint density at radius 2 is 2.06 bits per heavy atom. The first-order valence-corrected chi connectivity index (χ1v) is 18.2. The monoisotopic (exact) mass is 719 g/mol. The summed E-state index contributed by atoms with van der Waals surface area (Å²) in [7, 11) is 0. The van der Waals surface area contributed by atoms with E-state index in [0.717, 1.165) is 29.1 Å². The van der Waals surface area contributed by atoms with Crippen LogP contribution in [0.25, 0.3) is 10.8 Å². The zero-order valence-electron chi connectivity index (χ0n) is 30.0. The van der Waals surface area contributed by atoms with Gasteiger partial charge in [-0.15, -0.1) is 6.42 Å². The van der Waals surface area contributed by atoms with Gasteiger partial charge in [0.05, 0.1) is 35.4 Å². The Bertz CT molecular complexity index is 2130. The van der Waals surface area contributed by atoms with Crippen LogP contribution < -0.4 is 14.5 Å². The van der Waals surface area contributed by atoms with Gasteiger partial charge < -0.3 is 24.5 Å². The van der Waals surface area contributed by atoms with Crippen LogP contribution in [0.4, 0.5) is 20.3 Å². The van der Waals surface area contributed by atoms with E-state index < -0.39 is 17.5 Å². The molecule has 3 saturated heterocycles. The lowest BCUT2D eigenvalue weighted by Gasteiger charge is -2.43. The summed E-state index contributed by atoms with van der Waals surface area (Å²) in [4.78, 5) is 35.6. The van der Waals surface area contributed by atoms with Gasteiger partial charge in [0.1, 0.15) is 30.2 Å². The van der Waals surface area contributed by atoms with Gasteiger partial charge in [-0.3, -0.25) is 14.7 Å². The first-order chi connectivity index (χ1) is 25.5. The Balaban J connectivity index is 1.15. The number of terminal acetylenes is 1. The number of nitrogens with zero attached hydrogens (tertiary/aromatic N) is 7. The second-order valence-corrected chi connectivity index (χ2v) is 15.2. The number of pyridine rings is 1. The maximum absolute atomic E-state index is 15.0. The number of phenols is 1. The Labute approximate surface area is 308 Å². The van der Waals surface area contributed by atoms with Crippen LogP contribution in [0.15, 0.2) is 61.4 Å². The van der Waals surface area contributed by atoms with E-state index in [4.69, 9.17) is 21.1 Å². The van der Waals surface area contributed by atoms with Crippen LogP contribution in [0, 0.1) is 24.1 Å². The molecular weight excluding hydrogens is 676 g/mol. The fourth-order valence-electron chi connectivity index (χ4n) is 9.03. The zero-order valence-corrected chi connectivity index (χ0v) is 30.0. The summed E-state index contributed by atoms with van der Waals surface area (Å²) in [5, 5.41) is 11.9. The number of carbonyl (C=O) groups is 1. The lowest BCUT2D eigenvalue weighted by atomic mass is 9.98. The van der Waals surface area contributed by atoms with Gasteiger partial charge in [0, 0.05) is 74.2 Å². The van der Waals surface area contributed by atoms with Crippen LogP contribution in [-0.4, -0.2) is 92.3 Å². The molecule has 3 fully saturated rings. The molecule has 4 aromatic rings. The number of aromatic nitrogens is 3. The van der Waals surface area contributed by atoms with Gasteiger partial charge in [0.25, 0.3) is 0 Å². The van der Waals surface area contributed by atoms with Crippen molar-refractivity contribution in [3.8, 4) is 24.1 Å². The van der Waals surface area contributed by atoms with Crippen LogP contribution in [0.3, 0.4) is 0 Å². The third-order valence-corrected chi connectivity index (χ3v) is 11.6. The summed E-state index contributed by atoms with van der Waals surface area (Å²) in [5.74, 6) is 3.08. The number of anilines is 2. The predicted octanol–water partition coefficient (Wildman–Crippen LogP) is 5.41. The average Bonchev–Trinajstić information content (AvgIpc) is 3.55. The Morgan fingerprint density at radius 3 is 2.81 bits per heavy atom. The van der Waals surface area contributed by atoms with Crippen molar-refractivity contribution < 1.29 is 23.4 Å². The average molecular weight is 720 g/mol. The van der Waals surface area contributed by atoms with Crippen LogP contribution in [0.2, 0.25) is 0 Å². The van der Waals surface area contributed by atoms with Gasteiger partial charge in [-0.1, -0.05) is 31.6 Å². The highest BCUT2D eigenvalue weighted by Gasteiger charge is 2.47. The number of benzene rings is 2. The molecule has 0 saturated carbocycles. The van der Waals surface area contributed by atoms with Gasteiger partial charge in [0.2, 0.25) is 5.91 Å². The van der Waals surface area contributed by atoms with E-state index in [1.807, 2.05) is 24.0 Å². The second-order valence-electron chi connectivity index (χ2n) is 15.2. The molecule has 12 heteroatoms. The molecule has 2 aromatic heterocycles. The minimum absolute atomic E-state index is 0.00461. The topological polar surface area (TPSA) is 98.2 Å². The highest BCUT2D eigenvalue weighted by atomic mass is 19.1. The van der Waals surface area contributed by atoms with E-state index in [2.05, 4.69) is 39.1 Å². The van der Waals surface area contributed by atoms with Gasteiger partial charge in [0.15, 0.2) is 0 Å². The summed E-state index contributed by atoms with van der Waals surface area (Å²) < 4.78 is 36.5. The van der Waals surface area contributed by atoms with Crippen molar-refractivity contribution >= 4 is 28.2 Å². The number of amides is 1. The van der Waals surface area contributed by atoms with Gasteiger partial charge in [-0.2, -0.15) is 9.97 Å². The molecule has 4 aliphatic heterocycles. The molecule has 5 atom stereocenters. The minimum atomic E-state index is -1.00. The third kappa shape index (κ3) is 6.31. The molecule has 0 radical (unpaired) electrons. The number of hydrogen-bond acceptors (Lipinski definition) is 9. The molecular formula is C41H43F2N7O3.